The first-order chi connectivity index (χ1) is 6.77. The smallest absolute Gasteiger partial charge is 0.258 e. The van der Waals surface area contributed by atoms with Crippen molar-refractivity contribution in [3.8, 4) is 11.5 Å². The molecule has 0 aliphatic carbocycles. The van der Waals surface area contributed by atoms with Gasteiger partial charge in [0.15, 0.2) is 5.82 Å². The molecule has 0 fully saturated rings. The molecule has 0 radical (unpaired) electrons. The summed E-state index contributed by atoms with van der Waals surface area (Å²) in [6.07, 6.45) is 2.57. The zero-order valence-electron chi connectivity index (χ0n) is 7.58. The van der Waals surface area contributed by atoms with Crippen LogP contribution in [-0.4, -0.2) is 20.2 Å². The van der Waals surface area contributed by atoms with Crippen molar-refractivity contribution < 1.29 is 9.63 Å². The maximum absolute atomic E-state index is 9.19. The number of nitrogens with zero attached hydrogens (tertiary/aromatic N) is 3. The van der Waals surface area contributed by atoms with E-state index in [0.29, 0.717) is 5.89 Å². The van der Waals surface area contributed by atoms with Crippen LogP contribution in [0.3, 0.4) is 0 Å². The summed E-state index contributed by atoms with van der Waals surface area (Å²) in [6.45, 7) is 1.58. The van der Waals surface area contributed by atoms with E-state index < -0.39 is 6.10 Å². The highest BCUT2D eigenvalue weighted by atomic mass is 16.5. The number of hydrogen-bond acceptors (Lipinski definition) is 5. The number of aromatic nitrogens is 3. The summed E-state index contributed by atoms with van der Waals surface area (Å²) in [6, 6.07) is 3.53. The quantitative estimate of drug-likeness (QED) is 0.771. The normalized spacial score (nSPS) is 12.7. The van der Waals surface area contributed by atoms with Gasteiger partial charge in [-0.25, -0.2) is 0 Å². The van der Waals surface area contributed by atoms with Crippen LogP contribution in [0, 0.1) is 0 Å². The average molecular weight is 191 g/mol. The van der Waals surface area contributed by atoms with Crippen LogP contribution in [0.5, 0.6) is 0 Å². The summed E-state index contributed by atoms with van der Waals surface area (Å²) in [5.74, 6) is 0.681. The second kappa shape index (κ2) is 3.55. The Hall–Kier alpha value is -1.75. The molecule has 2 aromatic rings. The van der Waals surface area contributed by atoms with Crippen molar-refractivity contribution in [2.45, 2.75) is 13.0 Å². The summed E-state index contributed by atoms with van der Waals surface area (Å²) >= 11 is 0. The fraction of sp³-hybridized carbons (Fsp3) is 0.222. The third kappa shape index (κ3) is 1.62. The Morgan fingerprint density at radius 3 is 2.64 bits per heavy atom. The number of aliphatic hydroxyl groups excluding tert-OH is 1. The Morgan fingerprint density at radius 1 is 1.36 bits per heavy atom. The van der Waals surface area contributed by atoms with Gasteiger partial charge in [-0.15, -0.1) is 0 Å². The standard InChI is InChI=1S/C9H9N3O2/c1-6(13)8-11-9(14-12-8)7-2-4-10-5-3-7/h2-6,13H,1H3. The number of pyridine rings is 1. The minimum Gasteiger partial charge on any atom is -0.385 e. The van der Waals surface area contributed by atoms with Crippen molar-refractivity contribution in [3.63, 3.8) is 0 Å². The summed E-state index contributed by atoms with van der Waals surface area (Å²) in [7, 11) is 0. The van der Waals surface area contributed by atoms with Gasteiger partial charge in [0.1, 0.15) is 6.10 Å². The van der Waals surface area contributed by atoms with E-state index in [1.807, 2.05) is 0 Å². The fourth-order valence-corrected chi connectivity index (χ4v) is 1.02. The van der Waals surface area contributed by atoms with Gasteiger partial charge in [-0.05, 0) is 19.1 Å². The molecule has 72 valence electrons. The van der Waals surface area contributed by atoms with E-state index in [0.717, 1.165) is 5.56 Å². The van der Waals surface area contributed by atoms with E-state index in [1.165, 1.54) is 0 Å². The van der Waals surface area contributed by atoms with Crippen molar-refractivity contribution in [1.29, 1.82) is 0 Å². The summed E-state index contributed by atoms with van der Waals surface area (Å²) in [5.41, 5.74) is 0.791. The molecule has 0 aliphatic rings. The van der Waals surface area contributed by atoms with Crippen LogP contribution in [0.15, 0.2) is 29.0 Å². The molecule has 2 heterocycles. The lowest BCUT2D eigenvalue weighted by Crippen LogP contribution is -1.92. The lowest BCUT2D eigenvalue weighted by Gasteiger charge is -1.92. The third-order valence-corrected chi connectivity index (χ3v) is 1.74. The van der Waals surface area contributed by atoms with Crippen LogP contribution in [0.4, 0.5) is 0 Å². The predicted molar refractivity (Wildman–Crippen MR) is 48.2 cm³/mol. The van der Waals surface area contributed by atoms with Gasteiger partial charge in [0.2, 0.25) is 0 Å². The van der Waals surface area contributed by atoms with Crippen LogP contribution in [-0.2, 0) is 0 Å². The first kappa shape index (κ1) is 8.83. The van der Waals surface area contributed by atoms with Gasteiger partial charge in [-0.1, -0.05) is 5.16 Å². The molecule has 0 bridgehead atoms. The largest absolute Gasteiger partial charge is 0.385 e. The van der Waals surface area contributed by atoms with Crippen LogP contribution in [0.2, 0.25) is 0 Å². The SMILES string of the molecule is CC(O)c1noc(-c2ccncc2)n1. The summed E-state index contributed by atoms with van der Waals surface area (Å²) in [4.78, 5) is 7.90. The lowest BCUT2D eigenvalue weighted by molar-refractivity contribution is 0.184. The maximum atomic E-state index is 9.19. The monoisotopic (exact) mass is 191 g/mol. The highest BCUT2D eigenvalue weighted by Gasteiger charge is 2.11. The molecular weight excluding hydrogens is 182 g/mol. The molecule has 1 unspecified atom stereocenters. The maximum Gasteiger partial charge on any atom is 0.258 e. The zero-order valence-corrected chi connectivity index (χ0v) is 7.58. The van der Waals surface area contributed by atoms with E-state index in [-0.39, 0.29) is 5.82 Å². The Morgan fingerprint density at radius 2 is 2.07 bits per heavy atom. The van der Waals surface area contributed by atoms with E-state index >= 15 is 0 Å². The van der Waals surface area contributed by atoms with Crippen LogP contribution in [0.1, 0.15) is 18.9 Å². The molecule has 0 spiro atoms. The fourth-order valence-electron chi connectivity index (χ4n) is 1.02. The molecular formula is C9H9N3O2. The van der Waals surface area contributed by atoms with E-state index in [9.17, 15) is 5.11 Å². The zero-order chi connectivity index (χ0) is 9.97. The van der Waals surface area contributed by atoms with Gasteiger partial charge in [-0.2, -0.15) is 4.98 Å². The number of rotatable bonds is 2. The van der Waals surface area contributed by atoms with Crippen molar-refractivity contribution in [1.82, 2.24) is 15.1 Å². The topological polar surface area (TPSA) is 72.0 Å². The Bertz CT molecular complexity index is 411. The molecule has 0 aromatic carbocycles. The first-order valence-electron chi connectivity index (χ1n) is 4.19. The molecule has 0 saturated carbocycles. The molecule has 1 N–H and O–H groups in total. The van der Waals surface area contributed by atoms with E-state index in [4.69, 9.17) is 4.52 Å². The van der Waals surface area contributed by atoms with Gasteiger partial charge < -0.3 is 9.63 Å². The molecule has 2 aromatic heterocycles. The lowest BCUT2D eigenvalue weighted by atomic mass is 10.3. The molecule has 5 heteroatoms. The van der Waals surface area contributed by atoms with Gasteiger partial charge in [0.05, 0.1) is 0 Å². The van der Waals surface area contributed by atoms with Crippen molar-refractivity contribution >= 4 is 0 Å². The predicted octanol–water partition coefficient (Wildman–Crippen LogP) is 1.18. The molecule has 1 atom stereocenters. The third-order valence-electron chi connectivity index (χ3n) is 1.74. The average Bonchev–Trinajstić information content (AvgIpc) is 2.68. The van der Waals surface area contributed by atoms with E-state index in [1.54, 1.807) is 31.5 Å². The molecule has 2 rings (SSSR count). The van der Waals surface area contributed by atoms with Crippen molar-refractivity contribution in [2.75, 3.05) is 0 Å². The minimum absolute atomic E-state index is 0.289. The summed E-state index contributed by atoms with van der Waals surface area (Å²) in [5, 5.41) is 12.8. The minimum atomic E-state index is -0.714. The van der Waals surface area contributed by atoms with Gasteiger partial charge in [-0.3, -0.25) is 4.98 Å². The first-order valence-corrected chi connectivity index (χ1v) is 4.19. The Labute approximate surface area is 80.4 Å². The van der Waals surface area contributed by atoms with Gasteiger partial charge in [0, 0.05) is 18.0 Å². The van der Waals surface area contributed by atoms with Crippen LogP contribution >= 0.6 is 0 Å². The molecule has 14 heavy (non-hydrogen) atoms. The second-order valence-corrected chi connectivity index (χ2v) is 2.87. The number of aliphatic hydroxyl groups is 1. The Kier molecular flexibility index (Phi) is 2.24. The molecule has 5 nitrogen and oxygen atoms in total. The second-order valence-electron chi connectivity index (χ2n) is 2.87. The molecule has 0 amide bonds. The Balaban J connectivity index is 2.34. The van der Waals surface area contributed by atoms with Gasteiger partial charge >= 0.3 is 0 Å². The van der Waals surface area contributed by atoms with Crippen molar-refractivity contribution in [2.24, 2.45) is 0 Å². The summed E-state index contributed by atoms with van der Waals surface area (Å²) < 4.78 is 4.96. The highest BCUT2D eigenvalue weighted by molar-refractivity contribution is 5.50. The van der Waals surface area contributed by atoms with E-state index in [2.05, 4.69) is 15.1 Å². The van der Waals surface area contributed by atoms with Crippen molar-refractivity contribution in [3.05, 3.63) is 30.4 Å². The molecule has 0 saturated heterocycles. The highest BCUT2D eigenvalue weighted by Crippen LogP contribution is 2.17. The van der Waals surface area contributed by atoms with Crippen LogP contribution < -0.4 is 0 Å². The van der Waals surface area contributed by atoms with Crippen LogP contribution in [0.25, 0.3) is 11.5 Å². The number of hydrogen-bond donors (Lipinski definition) is 1. The molecule has 0 aliphatic heterocycles. The van der Waals surface area contributed by atoms with Gasteiger partial charge in [0.25, 0.3) is 5.89 Å².